The minimum absolute atomic E-state index is 0.738. The molecule has 1 aromatic carbocycles. The maximum Gasteiger partial charge on any atom is 0.0952 e. The molecule has 1 aliphatic rings. The zero-order valence-corrected chi connectivity index (χ0v) is 12.2. The third kappa shape index (κ3) is 3.23. The highest BCUT2D eigenvalue weighted by atomic mass is 16.3. The van der Waals surface area contributed by atoms with Gasteiger partial charge in [-0.05, 0) is 37.5 Å². The molecule has 0 atom stereocenters. The molecule has 0 unspecified atom stereocenters. The molecule has 0 aliphatic heterocycles. The molecule has 106 valence electrons. The molecular weight excluding hydrogens is 248 g/mol. The van der Waals surface area contributed by atoms with Gasteiger partial charge in [0.25, 0.3) is 0 Å². The van der Waals surface area contributed by atoms with Gasteiger partial charge in [0.1, 0.15) is 0 Å². The second-order valence-corrected chi connectivity index (χ2v) is 5.78. The Balaban J connectivity index is 1.75. The molecule has 3 rings (SSSR count). The molecule has 0 bridgehead atoms. The summed E-state index contributed by atoms with van der Waals surface area (Å²) in [7, 11) is 2.14. The van der Waals surface area contributed by atoms with Crippen LogP contribution in [0.25, 0.3) is 0 Å². The molecule has 1 N–H and O–H groups in total. The second-order valence-electron chi connectivity index (χ2n) is 5.78. The van der Waals surface area contributed by atoms with Crippen molar-refractivity contribution in [3.8, 4) is 0 Å². The van der Waals surface area contributed by atoms with Crippen LogP contribution in [-0.4, -0.2) is 13.1 Å². The number of anilines is 1. The zero-order valence-electron chi connectivity index (χ0n) is 12.2. The van der Waals surface area contributed by atoms with E-state index in [0.717, 1.165) is 19.1 Å². The van der Waals surface area contributed by atoms with E-state index in [1.165, 1.54) is 35.2 Å². The highest BCUT2D eigenvalue weighted by Gasteiger charge is 2.20. The fraction of sp³-hybridized carbons (Fsp3) is 0.412. The second kappa shape index (κ2) is 5.71. The largest absolute Gasteiger partial charge is 0.472 e. The normalized spacial score (nSPS) is 14.5. The summed E-state index contributed by atoms with van der Waals surface area (Å²) in [6.45, 7) is 3.98. The highest BCUT2D eigenvalue weighted by Crippen LogP contribution is 2.25. The van der Waals surface area contributed by atoms with Gasteiger partial charge in [-0.15, -0.1) is 0 Å². The Kier molecular flexibility index (Phi) is 3.79. The summed E-state index contributed by atoms with van der Waals surface area (Å²) in [6.07, 6.45) is 6.19. The summed E-state index contributed by atoms with van der Waals surface area (Å²) in [5.41, 5.74) is 5.19. The number of furan rings is 1. The van der Waals surface area contributed by atoms with E-state index in [-0.39, 0.29) is 0 Å². The van der Waals surface area contributed by atoms with E-state index in [0.29, 0.717) is 0 Å². The van der Waals surface area contributed by atoms with Crippen molar-refractivity contribution in [2.75, 3.05) is 11.9 Å². The maximum atomic E-state index is 5.15. The van der Waals surface area contributed by atoms with Gasteiger partial charge in [0, 0.05) is 37.4 Å². The molecule has 0 spiro atoms. The number of nitrogens with one attached hydrogen (secondary N) is 1. The smallest absolute Gasteiger partial charge is 0.0952 e. The number of benzene rings is 1. The molecule has 3 heteroatoms. The van der Waals surface area contributed by atoms with Crippen molar-refractivity contribution >= 4 is 5.69 Å². The van der Waals surface area contributed by atoms with Gasteiger partial charge >= 0.3 is 0 Å². The van der Waals surface area contributed by atoms with E-state index in [9.17, 15) is 0 Å². The average Bonchev–Trinajstić information content (AvgIpc) is 3.13. The molecule has 1 fully saturated rings. The molecule has 2 aromatic rings. The quantitative estimate of drug-likeness (QED) is 0.871. The van der Waals surface area contributed by atoms with Gasteiger partial charge < -0.3 is 14.6 Å². The van der Waals surface area contributed by atoms with Crippen molar-refractivity contribution in [3.05, 3.63) is 53.5 Å². The number of hydrogen-bond acceptors (Lipinski definition) is 3. The van der Waals surface area contributed by atoms with E-state index in [1.54, 1.807) is 6.26 Å². The molecule has 0 amide bonds. The third-order valence-corrected chi connectivity index (χ3v) is 3.80. The number of hydrogen-bond donors (Lipinski definition) is 1. The van der Waals surface area contributed by atoms with Crippen molar-refractivity contribution in [2.24, 2.45) is 0 Å². The fourth-order valence-corrected chi connectivity index (χ4v) is 2.51. The van der Waals surface area contributed by atoms with E-state index in [2.05, 4.69) is 42.4 Å². The Hall–Kier alpha value is -1.74. The predicted octanol–water partition coefficient (Wildman–Crippen LogP) is 3.48. The third-order valence-electron chi connectivity index (χ3n) is 3.80. The Morgan fingerprint density at radius 1 is 1.30 bits per heavy atom. The molecule has 0 radical (unpaired) electrons. The van der Waals surface area contributed by atoms with Crippen molar-refractivity contribution in [1.29, 1.82) is 0 Å². The lowest BCUT2D eigenvalue weighted by Gasteiger charge is -2.22. The highest BCUT2D eigenvalue weighted by molar-refractivity contribution is 5.54. The molecular formula is C17H22N2O. The van der Waals surface area contributed by atoms with Crippen LogP contribution in [0.15, 0.2) is 41.2 Å². The van der Waals surface area contributed by atoms with Crippen molar-refractivity contribution < 1.29 is 4.42 Å². The Bertz CT molecular complexity index is 558. The van der Waals surface area contributed by atoms with Crippen LogP contribution in [-0.2, 0) is 13.1 Å². The van der Waals surface area contributed by atoms with Crippen LogP contribution in [0.5, 0.6) is 0 Å². The summed E-state index contributed by atoms with van der Waals surface area (Å²) in [4.78, 5) is 2.29. The lowest BCUT2D eigenvalue weighted by Crippen LogP contribution is -2.21. The summed E-state index contributed by atoms with van der Waals surface area (Å²) in [5, 5.41) is 3.61. The zero-order chi connectivity index (χ0) is 13.9. The Labute approximate surface area is 120 Å². The van der Waals surface area contributed by atoms with Crippen LogP contribution in [0.2, 0.25) is 0 Å². The summed E-state index contributed by atoms with van der Waals surface area (Å²) in [6, 6.07) is 9.45. The fourth-order valence-electron chi connectivity index (χ4n) is 2.51. The van der Waals surface area contributed by atoms with Crippen LogP contribution in [0, 0.1) is 6.92 Å². The van der Waals surface area contributed by atoms with Gasteiger partial charge in [-0.2, -0.15) is 0 Å². The first-order valence-corrected chi connectivity index (χ1v) is 7.27. The first-order valence-electron chi connectivity index (χ1n) is 7.27. The van der Waals surface area contributed by atoms with Gasteiger partial charge in [-0.3, -0.25) is 0 Å². The van der Waals surface area contributed by atoms with E-state index < -0.39 is 0 Å². The standard InChI is InChI=1S/C17H22N2O/c1-13-3-6-17(15(9-13)10-18-16-4-5-16)19(2)11-14-7-8-20-12-14/h3,6-9,12,16,18H,4-5,10-11H2,1-2H3. The summed E-state index contributed by atoms with van der Waals surface area (Å²) >= 11 is 0. The Morgan fingerprint density at radius 2 is 2.15 bits per heavy atom. The summed E-state index contributed by atoms with van der Waals surface area (Å²) in [5.74, 6) is 0. The van der Waals surface area contributed by atoms with Gasteiger partial charge in [0.2, 0.25) is 0 Å². The monoisotopic (exact) mass is 270 g/mol. The van der Waals surface area contributed by atoms with E-state index in [1.807, 2.05) is 12.3 Å². The first-order chi connectivity index (χ1) is 9.72. The van der Waals surface area contributed by atoms with Crippen LogP contribution in [0.4, 0.5) is 5.69 Å². The number of nitrogens with zero attached hydrogens (tertiary/aromatic N) is 1. The van der Waals surface area contributed by atoms with E-state index >= 15 is 0 Å². The lowest BCUT2D eigenvalue weighted by atomic mass is 10.1. The van der Waals surface area contributed by atoms with E-state index in [4.69, 9.17) is 4.42 Å². The minimum atomic E-state index is 0.738. The first kappa shape index (κ1) is 13.3. The number of rotatable bonds is 6. The summed E-state index contributed by atoms with van der Waals surface area (Å²) < 4.78 is 5.15. The number of aryl methyl sites for hydroxylation is 1. The molecule has 1 aliphatic carbocycles. The SMILES string of the molecule is Cc1ccc(N(C)Cc2ccoc2)c(CNC2CC2)c1. The maximum absolute atomic E-state index is 5.15. The minimum Gasteiger partial charge on any atom is -0.472 e. The molecule has 1 heterocycles. The van der Waals surface area contributed by atoms with Crippen molar-refractivity contribution in [1.82, 2.24) is 5.32 Å². The molecule has 1 saturated carbocycles. The van der Waals surface area contributed by atoms with Crippen LogP contribution in [0.3, 0.4) is 0 Å². The average molecular weight is 270 g/mol. The molecule has 0 saturated heterocycles. The topological polar surface area (TPSA) is 28.4 Å². The molecule has 3 nitrogen and oxygen atoms in total. The van der Waals surface area contributed by atoms with Crippen LogP contribution in [0.1, 0.15) is 29.5 Å². The van der Waals surface area contributed by atoms with Crippen molar-refractivity contribution in [2.45, 2.75) is 38.9 Å². The molecule has 20 heavy (non-hydrogen) atoms. The van der Waals surface area contributed by atoms with Gasteiger partial charge in [-0.25, -0.2) is 0 Å². The van der Waals surface area contributed by atoms with Crippen molar-refractivity contribution in [3.63, 3.8) is 0 Å². The van der Waals surface area contributed by atoms with Crippen LogP contribution >= 0.6 is 0 Å². The Morgan fingerprint density at radius 3 is 2.85 bits per heavy atom. The lowest BCUT2D eigenvalue weighted by molar-refractivity contribution is 0.563. The van der Waals surface area contributed by atoms with Crippen LogP contribution < -0.4 is 10.2 Å². The van der Waals surface area contributed by atoms with Gasteiger partial charge in [0.15, 0.2) is 0 Å². The van der Waals surface area contributed by atoms with Gasteiger partial charge in [-0.1, -0.05) is 17.7 Å². The molecule has 1 aromatic heterocycles. The van der Waals surface area contributed by atoms with Gasteiger partial charge in [0.05, 0.1) is 12.5 Å². The predicted molar refractivity (Wildman–Crippen MR) is 81.9 cm³/mol.